The molecule has 11 heteroatoms. The normalized spacial score (nSPS) is 10.1. The fourth-order valence-corrected chi connectivity index (χ4v) is 2.27. The number of hydrogen-bond donors (Lipinski definition) is 5. The predicted molar refractivity (Wildman–Crippen MR) is 104 cm³/mol. The molecule has 152 valence electrons. The first-order valence-corrected chi connectivity index (χ1v) is 8.38. The molecule has 0 bridgehead atoms. The van der Waals surface area contributed by atoms with Crippen molar-refractivity contribution in [3.05, 3.63) is 75.9 Å². The average Bonchev–Trinajstić information content (AvgIpc) is 3.14. The fraction of sp³-hybridized carbons (Fsp3) is 0.0556. The number of rotatable bonds is 4. The Bertz CT molecular complexity index is 1020. The molecule has 1 heterocycles. The van der Waals surface area contributed by atoms with Crippen molar-refractivity contribution in [1.29, 1.82) is 0 Å². The predicted octanol–water partition coefficient (Wildman–Crippen LogP) is 3.02. The number of amides is 1. The molecule has 1 aromatic heterocycles. The Balaban J connectivity index is 0.000000278. The van der Waals surface area contributed by atoms with Crippen LogP contribution in [0, 0.1) is 11.6 Å². The summed E-state index contributed by atoms with van der Waals surface area (Å²) in [5, 5.41) is 16.3. The summed E-state index contributed by atoms with van der Waals surface area (Å²) in [5.74, 6) is -4.61. The molecule has 0 unspecified atom stereocenters. The van der Waals surface area contributed by atoms with Crippen LogP contribution in [-0.2, 0) is 6.54 Å². The molecule has 3 rings (SSSR count). The Morgan fingerprint density at radius 3 is 2.31 bits per heavy atom. The number of carbonyl (C=O) groups is 2. The maximum Gasteiger partial charge on any atom is 0.353 e. The van der Waals surface area contributed by atoms with E-state index in [2.05, 4.69) is 15.5 Å². The molecular formula is C18H16ClF2N5O3. The van der Waals surface area contributed by atoms with Crippen molar-refractivity contribution < 1.29 is 23.5 Å². The lowest BCUT2D eigenvalue weighted by molar-refractivity contribution is 0.0690. The Hall–Kier alpha value is -3.50. The molecule has 7 N–H and O–H groups in total. The quantitative estimate of drug-likeness (QED) is 0.322. The minimum Gasteiger partial charge on any atom is -0.477 e. The number of nitrogens with one attached hydrogen (secondary N) is 2. The van der Waals surface area contributed by atoms with Crippen molar-refractivity contribution in [2.75, 3.05) is 11.1 Å². The van der Waals surface area contributed by atoms with Crippen LogP contribution in [0.2, 0.25) is 5.02 Å². The van der Waals surface area contributed by atoms with Gasteiger partial charge in [0, 0.05) is 18.3 Å². The van der Waals surface area contributed by atoms with Gasteiger partial charge in [-0.25, -0.2) is 13.6 Å². The first-order valence-electron chi connectivity index (χ1n) is 8.00. The van der Waals surface area contributed by atoms with E-state index in [4.69, 9.17) is 28.2 Å². The lowest BCUT2D eigenvalue weighted by Gasteiger charge is -2.04. The molecule has 8 nitrogen and oxygen atoms in total. The van der Waals surface area contributed by atoms with Gasteiger partial charge in [0.25, 0.3) is 5.91 Å². The minimum absolute atomic E-state index is 0.0896. The maximum atomic E-state index is 13.1. The number of anilines is 2. The molecule has 0 fully saturated rings. The van der Waals surface area contributed by atoms with E-state index in [0.29, 0.717) is 18.7 Å². The zero-order valence-corrected chi connectivity index (χ0v) is 15.5. The van der Waals surface area contributed by atoms with Gasteiger partial charge in [-0.15, -0.1) is 0 Å². The third-order valence-electron chi connectivity index (χ3n) is 3.52. The Kier molecular flexibility index (Phi) is 7.23. The van der Waals surface area contributed by atoms with E-state index >= 15 is 0 Å². The smallest absolute Gasteiger partial charge is 0.353 e. The molecule has 0 atom stereocenters. The van der Waals surface area contributed by atoms with Crippen molar-refractivity contribution in [2.45, 2.75) is 6.54 Å². The molecule has 1 amide bonds. The molecular weight excluding hydrogens is 408 g/mol. The molecule has 0 saturated heterocycles. The summed E-state index contributed by atoms with van der Waals surface area (Å²) in [5.41, 5.74) is 12.2. The second-order valence-electron chi connectivity index (χ2n) is 5.62. The van der Waals surface area contributed by atoms with Crippen LogP contribution < -0.4 is 16.8 Å². The number of carboxylic acid groups (broad SMARTS) is 1. The number of aromatic nitrogens is 2. The van der Waals surface area contributed by atoms with Crippen molar-refractivity contribution in [2.24, 2.45) is 5.73 Å². The molecule has 0 aliphatic heterocycles. The summed E-state index contributed by atoms with van der Waals surface area (Å²) in [4.78, 5) is 22.4. The zero-order valence-electron chi connectivity index (χ0n) is 14.7. The Morgan fingerprint density at radius 1 is 1.14 bits per heavy atom. The number of aromatic amines is 1. The molecule has 0 aliphatic rings. The number of nitrogens with two attached hydrogens (primary N) is 2. The van der Waals surface area contributed by atoms with E-state index in [1.54, 1.807) is 0 Å². The van der Waals surface area contributed by atoms with E-state index in [1.165, 1.54) is 0 Å². The second kappa shape index (κ2) is 9.62. The van der Waals surface area contributed by atoms with Crippen molar-refractivity contribution in [1.82, 2.24) is 10.2 Å². The number of carboxylic acids is 1. The maximum absolute atomic E-state index is 13.1. The van der Waals surface area contributed by atoms with Crippen LogP contribution in [-0.4, -0.2) is 27.2 Å². The van der Waals surface area contributed by atoms with Crippen LogP contribution >= 0.6 is 11.6 Å². The molecule has 2 aromatic carbocycles. The fourth-order valence-electron chi connectivity index (χ4n) is 2.03. The SMILES string of the molecule is NCc1ccc(N)cc1.O=C(O)c1cc(NC(=O)c2cc(F)c(F)cc2Cl)n[nH]1. The minimum atomic E-state index is -1.26. The number of H-pyrrole nitrogens is 1. The molecule has 0 saturated carbocycles. The van der Waals surface area contributed by atoms with E-state index in [0.717, 1.165) is 17.3 Å². The van der Waals surface area contributed by atoms with Crippen molar-refractivity contribution >= 4 is 35.0 Å². The number of nitrogen functional groups attached to an aromatic ring is 1. The van der Waals surface area contributed by atoms with Crippen LogP contribution in [0.1, 0.15) is 26.4 Å². The number of halogens is 3. The number of benzene rings is 2. The van der Waals surface area contributed by atoms with Crippen LogP contribution in [0.25, 0.3) is 0 Å². The van der Waals surface area contributed by atoms with Crippen molar-refractivity contribution in [3.8, 4) is 0 Å². The van der Waals surface area contributed by atoms with Crippen LogP contribution in [0.15, 0.2) is 42.5 Å². The molecule has 0 spiro atoms. The highest BCUT2D eigenvalue weighted by molar-refractivity contribution is 6.34. The number of hydrogen-bond acceptors (Lipinski definition) is 5. The molecule has 0 radical (unpaired) electrons. The lowest BCUT2D eigenvalue weighted by atomic mass is 10.2. The highest BCUT2D eigenvalue weighted by atomic mass is 35.5. The van der Waals surface area contributed by atoms with Crippen molar-refractivity contribution in [3.63, 3.8) is 0 Å². The van der Waals surface area contributed by atoms with E-state index in [9.17, 15) is 18.4 Å². The van der Waals surface area contributed by atoms with Gasteiger partial charge in [0.05, 0.1) is 10.6 Å². The standard InChI is InChI=1S/C11H6ClF2N3O3.C7H10N2/c12-5-2-7(14)6(13)1-4(5)10(18)15-9-3-8(11(19)20)16-17-9;8-5-6-1-3-7(9)4-2-6/h1-3H,(H,19,20)(H2,15,16,17,18);1-4H,5,8-9H2. The first kappa shape index (κ1) is 21.8. The van der Waals surface area contributed by atoms with Gasteiger partial charge in [0.1, 0.15) is 5.69 Å². The van der Waals surface area contributed by atoms with E-state index in [-0.39, 0.29) is 22.1 Å². The number of nitrogens with zero attached hydrogens (tertiary/aromatic N) is 1. The Labute approximate surface area is 168 Å². The summed E-state index contributed by atoms with van der Waals surface area (Å²) in [6.45, 7) is 0.584. The molecule has 29 heavy (non-hydrogen) atoms. The lowest BCUT2D eigenvalue weighted by Crippen LogP contribution is -2.13. The summed E-state index contributed by atoms with van der Waals surface area (Å²) < 4.78 is 25.9. The summed E-state index contributed by atoms with van der Waals surface area (Å²) in [6, 6.07) is 9.92. The van der Waals surface area contributed by atoms with E-state index < -0.39 is 23.5 Å². The van der Waals surface area contributed by atoms with Gasteiger partial charge in [-0.2, -0.15) is 5.10 Å². The van der Waals surface area contributed by atoms with Gasteiger partial charge in [-0.05, 0) is 29.8 Å². The van der Waals surface area contributed by atoms with Gasteiger partial charge < -0.3 is 21.9 Å². The van der Waals surface area contributed by atoms with E-state index in [1.807, 2.05) is 24.3 Å². The monoisotopic (exact) mass is 423 g/mol. The first-order chi connectivity index (χ1) is 13.7. The third-order valence-corrected chi connectivity index (χ3v) is 3.83. The highest BCUT2D eigenvalue weighted by Gasteiger charge is 2.17. The van der Waals surface area contributed by atoms with Crippen LogP contribution in [0.4, 0.5) is 20.3 Å². The number of carbonyl (C=O) groups excluding carboxylic acids is 1. The summed E-state index contributed by atoms with van der Waals surface area (Å²) in [7, 11) is 0. The zero-order chi connectivity index (χ0) is 21.6. The van der Waals surface area contributed by atoms with Gasteiger partial charge in [-0.3, -0.25) is 9.89 Å². The molecule has 3 aromatic rings. The van der Waals surface area contributed by atoms with Crippen LogP contribution in [0.5, 0.6) is 0 Å². The Morgan fingerprint density at radius 2 is 1.76 bits per heavy atom. The summed E-state index contributed by atoms with van der Waals surface area (Å²) in [6.07, 6.45) is 0. The number of aromatic carboxylic acids is 1. The van der Waals surface area contributed by atoms with Gasteiger partial charge in [0.2, 0.25) is 0 Å². The highest BCUT2D eigenvalue weighted by Crippen LogP contribution is 2.21. The summed E-state index contributed by atoms with van der Waals surface area (Å²) >= 11 is 5.63. The molecule has 0 aliphatic carbocycles. The van der Waals surface area contributed by atoms with Gasteiger partial charge in [-0.1, -0.05) is 23.7 Å². The van der Waals surface area contributed by atoms with Gasteiger partial charge >= 0.3 is 5.97 Å². The topological polar surface area (TPSA) is 147 Å². The average molecular weight is 424 g/mol. The third kappa shape index (κ3) is 5.99. The van der Waals surface area contributed by atoms with Crippen LogP contribution in [0.3, 0.4) is 0 Å². The largest absolute Gasteiger partial charge is 0.477 e. The second-order valence-corrected chi connectivity index (χ2v) is 6.03. The van der Waals surface area contributed by atoms with Gasteiger partial charge in [0.15, 0.2) is 17.5 Å².